The van der Waals surface area contributed by atoms with Gasteiger partial charge in [-0.2, -0.15) is 0 Å². The van der Waals surface area contributed by atoms with Crippen molar-refractivity contribution in [2.75, 3.05) is 218 Å². The van der Waals surface area contributed by atoms with E-state index in [0.717, 1.165) is 0 Å². The molecule has 0 radical (unpaired) electrons. The van der Waals surface area contributed by atoms with E-state index in [1.165, 1.54) is 0 Å². The number of hydrogen-bond acceptors (Lipinski definition) is 16. The molecule has 56 heavy (non-hydrogen) atoms. The summed E-state index contributed by atoms with van der Waals surface area (Å²) < 4.78 is 0. The van der Waals surface area contributed by atoms with Crippen LogP contribution in [0.5, 0.6) is 0 Å². The molecule has 0 spiro atoms. The zero-order chi connectivity index (χ0) is 39.9. The second-order valence-electron chi connectivity index (χ2n) is 12.1. The van der Waals surface area contributed by atoms with E-state index in [1.54, 1.807) is 0 Å². The van der Waals surface area contributed by atoms with Crippen LogP contribution >= 0.6 is 0 Å². The van der Waals surface area contributed by atoms with Crippen LogP contribution in [0.4, 0.5) is 0 Å². The van der Waals surface area contributed by atoms with Crippen LogP contribution in [-0.2, 0) is 109 Å². The predicted octanol–water partition coefficient (Wildman–Crippen LogP) is -9.22. The maximum atomic E-state index is 9.70. The van der Waals surface area contributed by atoms with Crippen LogP contribution in [0, 0.1) is 0 Å². The topological polar surface area (TPSA) is 324 Å². The quantitative estimate of drug-likeness (QED) is 0.130. The Labute approximate surface area is 403 Å². The molecule has 0 amide bonds. The van der Waals surface area contributed by atoms with Crippen molar-refractivity contribution in [1.29, 1.82) is 0 Å². The molecule has 0 aliphatic heterocycles. The van der Waals surface area contributed by atoms with Gasteiger partial charge in [0.25, 0.3) is 0 Å². The summed E-state index contributed by atoms with van der Waals surface area (Å²) in [6, 6.07) is 0. The van der Waals surface area contributed by atoms with Gasteiger partial charge in [0.15, 0.2) is 0 Å². The fourth-order valence-corrected chi connectivity index (χ4v) is 1.46. The number of nitrogens with zero attached hydrogens (tertiary/aromatic N) is 8. The van der Waals surface area contributed by atoms with Crippen molar-refractivity contribution < 1.29 is 150 Å². The van der Waals surface area contributed by atoms with Gasteiger partial charge >= 0.3 is 86.9 Å². The van der Waals surface area contributed by atoms with Gasteiger partial charge < -0.3 is 102 Å². The van der Waals surface area contributed by atoms with Crippen LogP contribution < -0.4 is 40.9 Å². The first kappa shape index (κ1) is 107. The van der Waals surface area contributed by atoms with Gasteiger partial charge in [-0.25, -0.2) is 0 Å². The summed E-state index contributed by atoms with van der Waals surface area (Å²) in [5, 5.41) is 77.6. The van der Waals surface area contributed by atoms with Gasteiger partial charge in [-0.15, -0.1) is 52.9 Å². The molecule has 0 unspecified atom stereocenters. The maximum Gasteiger partial charge on any atom is 4.00 e. The molecular weight excluding hydrogens is 880 g/mol. The van der Waals surface area contributed by atoms with Crippen LogP contribution in [0.25, 0.3) is 0 Å². The van der Waals surface area contributed by atoms with Crippen LogP contribution in [0.1, 0.15) is 0 Å². The van der Waals surface area contributed by atoms with Gasteiger partial charge in [0.2, 0.25) is 0 Å². The van der Waals surface area contributed by atoms with Crippen molar-refractivity contribution in [3.8, 4) is 0 Å². The fraction of sp³-hybridized carbons (Fsp3) is 1.00. The van der Waals surface area contributed by atoms with Gasteiger partial charge in [-0.1, -0.05) is 0 Å². The molecule has 0 bridgehead atoms. The van der Waals surface area contributed by atoms with Crippen molar-refractivity contribution in [3.63, 3.8) is 0 Å². The predicted molar refractivity (Wildman–Crippen MR) is 190 cm³/mol. The minimum Gasteiger partial charge on any atom is -2.00 e. The second-order valence-corrected chi connectivity index (χ2v) is 12.1. The van der Waals surface area contributed by atoms with Gasteiger partial charge in [0.1, 0.15) is 0 Å². The van der Waals surface area contributed by atoms with E-state index in [-0.39, 0.29) is 162 Å². The molecule has 0 fully saturated rings. The smallest absolute Gasteiger partial charge is 2.00 e. The van der Waals surface area contributed by atoms with Crippen LogP contribution in [-0.4, -0.2) is 257 Å². The third kappa shape index (κ3) is 250. The molecule has 0 aliphatic carbocycles. The summed E-state index contributed by atoms with van der Waals surface area (Å²) in [5.41, 5.74) is 0. The van der Waals surface area contributed by atoms with Crippen molar-refractivity contribution in [2.24, 2.45) is 0 Å². The molecular formula is C32H80N8O12Ti4. The molecule has 0 N–H and O–H groups in total. The molecule has 0 saturated carbocycles. The Morgan fingerprint density at radius 2 is 0.250 bits per heavy atom. The molecule has 336 valence electrons. The molecule has 20 nitrogen and oxygen atoms in total. The zero-order valence-electron chi connectivity index (χ0n) is 37.8. The number of rotatable bonds is 16. The third-order valence-electron chi connectivity index (χ3n) is 4.31. The normalized spacial score (nSPS) is 8.57. The van der Waals surface area contributed by atoms with Gasteiger partial charge in [0.05, 0.1) is 0 Å². The largest absolute Gasteiger partial charge is 4.00 e. The Balaban J connectivity index is -0.0000000229. The van der Waals surface area contributed by atoms with Gasteiger partial charge in [0, 0.05) is 0 Å². The van der Waals surface area contributed by atoms with Gasteiger partial charge in [-0.05, 0) is 165 Å². The summed E-state index contributed by atoms with van der Waals surface area (Å²) in [4.78, 5) is 14.9. The van der Waals surface area contributed by atoms with Crippen molar-refractivity contribution in [2.45, 2.75) is 0 Å². The molecule has 0 saturated heterocycles. The summed E-state index contributed by atoms with van der Waals surface area (Å²) in [6.07, 6.45) is 0. The maximum absolute atomic E-state index is 9.70. The molecule has 0 rings (SSSR count). The summed E-state index contributed by atoms with van der Waals surface area (Å²) in [7, 11) is 30.2. The average Bonchev–Trinajstić information content (AvgIpc) is 2.90. The van der Waals surface area contributed by atoms with E-state index in [0.29, 0.717) is 52.4 Å². The molecule has 0 aliphatic rings. The van der Waals surface area contributed by atoms with Gasteiger partial charge in [-0.3, -0.25) is 0 Å². The van der Waals surface area contributed by atoms with E-state index in [9.17, 15) is 40.9 Å². The number of hydrogen-bond donors (Lipinski definition) is 0. The monoisotopic (exact) mass is 960 g/mol. The minimum atomic E-state index is 0. The summed E-state index contributed by atoms with van der Waals surface area (Å²) in [6.45, 7) is 5.28. The summed E-state index contributed by atoms with van der Waals surface area (Å²) >= 11 is 0. The molecule has 0 atom stereocenters. The first-order valence-corrected chi connectivity index (χ1v) is 16.0. The van der Waals surface area contributed by atoms with Crippen molar-refractivity contribution >= 4 is 0 Å². The fourth-order valence-electron chi connectivity index (χ4n) is 1.46. The molecule has 0 aromatic rings. The standard InChI is InChI=1S/8C4H10NO.4O.4Ti/c8*1-5(2)3-4-6;;;;;;;;/h8*3-4H2,1-2H3;;;;;;;;/q8*-1;4*-2;4*+4. The zero-order valence-corrected chi connectivity index (χ0v) is 44.0. The SMILES string of the molecule is CN(C)CC[O-].CN(C)CC[O-].CN(C)CC[O-].CN(C)CC[O-].CN(C)CC[O-].CN(C)CC[O-].CN(C)CC[O-].CN(C)CC[O-].[O-2].[O-2].[O-2].[O-2].[Ti+4].[Ti+4].[Ti+4].[Ti+4]. The summed E-state index contributed by atoms with van der Waals surface area (Å²) in [5.74, 6) is 0. The Hall–Kier alpha value is 2.06. The van der Waals surface area contributed by atoms with E-state index >= 15 is 0 Å². The Morgan fingerprint density at radius 1 is 0.196 bits per heavy atom. The molecule has 24 heteroatoms. The average molecular weight is 961 g/mol. The first-order valence-electron chi connectivity index (χ1n) is 16.0. The van der Waals surface area contributed by atoms with E-state index in [2.05, 4.69) is 0 Å². The van der Waals surface area contributed by atoms with E-state index < -0.39 is 0 Å². The van der Waals surface area contributed by atoms with Crippen LogP contribution in [0.3, 0.4) is 0 Å². The molecule has 0 aromatic carbocycles. The van der Waals surface area contributed by atoms with Crippen LogP contribution in [0.2, 0.25) is 0 Å². The van der Waals surface area contributed by atoms with Crippen molar-refractivity contribution in [1.82, 2.24) is 39.2 Å². The second kappa shape index (κ2) is 101. The Bertz CT molecular complexity index is 380. The Kier molecular flexibility index (Phi) is 193. The first-order chi connectivity index (χ1) is 22.2. The van der Waals surface area contributed by atoms with Crippen LogP contribution in [0.15, 0.2) is 0 Å². The Morgan fingerprint density at radius 3 is 0.250 bits per heavy atom. The third-order valence-corrected chi connectivity index (χ3v) is 4.31. The molecule has 0 heterocycles. The van der Waals surface area contributed by atoms with E-state index in [4.69, 9.17) is 0 Å². The van der Waals surface area contributed by atoms with E-state index in [1.807, 2.05) is 152 Å². The minimum absolute atomic E-state index is 0. The van der Waals surface area contributed by atoms with Crippen molar-refractivity contribution in [3.05, 3.63) is 0 Å². The number of likely N-dealkylation sites (N-methyl/N-ethyl adjacent to an activating group) is 8. The molecule has 0 aromatic heterocycles.